The monoisotopic (exact) mass is 432 g/mol. The number of carboxylic acids is 6. The zero-order valence-corrected chi connectivity index (χ0v) is 15.1. The summed E-state index contributed by atoms with van der Waals surface area (Å²) in [6, 6.07) is 3.00. The highest BCUT2D eigenvalue weighted by molar-refractivity contribution is 6.08. The van der Waals surface area contributed by atoms with Gasteiger partial charge in [-0.3, -0.25) is 0 Å². The van der Waals surface area contributed by atoms with E-state index >= 15 is 0 Å². The molecule has 0 amide bonds. The van der Waals surface area contributed by atoms with Gasteiger partial charge in [0.2, 0.25) is 0 Å². The van der Waals surface area contributed by atoms with Crippen LogP contribution in [0.25, 0.3) is 0 Å². The highest BCUT2D eigenvalue weighted by Crippen LogP contribution is 2.29. The van der Waals surface area contributed by atoms with Gasteiger partial charge in [0, 0.05) is 6.42 Å². The smallest absolute Gasteiger partial charge is 0.336 e. The van der Waals surface area contributed by atoms with Crippen molar-refractivity contribution in [2.24, 2.45) is 0 Å². The highest BCUT2D eigenvalue weighted by atomic mass is 16.4. The normalized spacial score (nSPS) is 10.3. The maximum absolute atomic E-state index is 11.7. The van der Waals surface area contributed by atoms with Gasteiger partial charge in [-0.05, 0) is 35.4 Å². The number of aromatic carboxylic acids is 6. The molecule has 12 heteroatoms. The van der Waals surface area contributed by atoms with Crippen molar-refractivity contribution in [1.29, 1.82) is 0 Å². The van der Waals surface area contributed by atoms with Crippen LogP contribution >= 0.6 is 0 Å². The minimum atomic E-state index is -1.86. The molecule has 2 aromatic carbocycles. The Balaban J connectivity index is 3.02. The number of hydrogen-bond acceptors (Lipinski definition) is 6. The van der Waals surface area contributed by atoms with Gasteiger partial charge >= 0.3 is 35.8 Å². The summed E-state index contributed by atoms with van der Waals surface area (Å²) in [5.41, 5.74) is -6.50. The number of carbonyl (C=O) groups is 6. The maximum Gasteiger partial charge on any atom is 0.336 e. The van der Waals surface area contributed by atoms with Crippen LogP contribution in [0.2, 0.25) is 0 Å². The first-order valence-electron chi connectivity index (χ1n) is 8.09. The van der Waals surface area contributed by atoms with Gasteiger partial charge in [0.05, 0.1) is 33.4 Å². The third kappa shape index (κ3) is 4.17. The van der Waals surface area contributed by atoms with Gasteiger partial charge in [-0.2, -0.15) is 0 Å². The third-order valence-electron chi connectivity index (χ3n) is 4.33. The van der Waals surface area contributed by atoms with Crippen LogP contribution in [-0.4, -0.2) is 66.5 Å². The quantitative estimate of drug-likeness (QED) is 0.349. The molecule has 0 saturated carbocycles. The van der Waals surface area contributed by atoms with Crippen LogP contribution < -0.4 is 0 Å². The Kier molecular flexibility index (Phi) is 6.05. The zero-order chi connectivity index (χ0) is 23.6. The topological polar surface area (TPSA) is 224 Å². The van der Waals surface area contributed by atoms with Gasteiger partial charge in [-0.1, -0.05) is 0 Å². The molecule has 0 spiro atoms. The minimum Gasteiger partial charge on any atom is -0.478 e. The van der Waals surface area contributed by atoms with E-state index in [1.807, 2.05) is 0 Å². The summed E-state index contributed by atoms with van der Waals surface area (Å²) < 4.78 is 0. The Hall–Kier alpha value is -4.74. The van der Waals surface area contributed by atoms with Crippen molar-refractivity contribution in [1.82, 2.24) is 0 Å². The second kappa shape index (κ2) is 8.32. The molecule has 0 saturated heterocycles. The largest absolute Gasteiger partial charge is 0.478 e. The summed E-state index contributed by atoms with van der Waals surface area (Å²) >= 11 is 0. The molecule has 160 valence electrons. The molecule has 31 heavy (non-hydrogen) atoms. The number of benzene rings is 2. The van der Waals surface area contributed by atoms with Crippen LogP contribution in [0.5, 0.6) is 0 Å². The van der Waals surface area contributed by atoms with E-state index in [0.29, 0.717) is 0 Å². The molecule has 0 radical (unpaired) electrons. The van der Waals surface area contributed by atoms with Crippen LogP contribution in [0.1, 0.15) is 73.3 Å². The lowest BCUT2D eigenvalue weighted by Crippen LogP contribution is -2.20. The number of carboxylic acid groups (broad SMARTS) is 6. The predicted octanol–water partition coefficient (Wildman–Crippen LogP) is 1.47. The summed E-state index contributed by atoms with van der Waals surface area (Å²) in [6.45, 7) is 0. The molecule has 0 aliphatic carbocycles. The fraction of sp³-hybridized carbons (Fsp3) is 0.0526. The van der Waals surface area contributed by atoms with E-state index in [0.717, 1.165) is 24.3 Å². The standard InChI is InChI=1S/C19H12O12/c20-14(21)6-1-3-8(16(24)25)12(18(28)29)10(6)5-11-7(15(22)23)2-4-9(17(26)27)13(11)19(30)31/h1-4H,5H2,(H,20,21)(H,22,23)(H,24,25)(H,26,27)(H,28,29)(H,30,31). The Morgan fingerprint density at radius 2 is 0.710 bits per heavy atom. The lowest BCUT2D eigenvalue weighted by Gasteiger charge is -2.17. The van der Waals surface area contributed by atoms with E-state index in [4.69, 9.17) is 0 Å². The molecular formula is C19H12O12. The summed E-state index contributed by atoms with van der Waals surface area (Å²) in [5, 5.41) is 56.3. The first-order chi connectivity index (χ1) is 14.4. The van der Waals surface area contributed by atoms with Gasteiger partial charge in [0.25, 0.3) is 0 Å². The van der Waals surface area contributed by atoms with Crippen molar-refractivity contribution in [2.75, 3.05) is 0 Å². The summed E-state index contributed by atoms with van der Waals surface area (Å²) in [5.74, 6) is -10.6. The molecule has 2 aromatic rings. The average molecular weight is 432 g/mol. The van der Waals surface area contributed by atoms with Crippen LogP contribution in [-0.2, 0) is 6.42 Å². The Labute approximate surface area is 171 Å². The molecular weight excluding hydrogens is 420 g/mol. The van der Waals surface area contributed by atoms with E-state index in [9.17, 15) is 59.4 Å². The van der Waals surface area contributed by atoms with Gasteiger partial charge in [-0.25, -0.2) is 28.8 Å². The van der Waals surface area contributed by atoms with Gasteiger partial charge in [0.1, 0.15) is 0 Å². The molecule has 2 rings (SSSR count). The number of hydrogen-bond donors (Lipinski definition) is 6. The average Bonchev–Trinajstić information content (AvgIpc) is 2.65. The number of rotatable bonds is 8. The zero-order valence-electron chi connectivity index (χ0n) is 15.1. The molecule has 0 atom stereocenters. The predicted molar refractivity (Wildman–Crippen MR) is 97.4 cm³/mol. The van der Waals surface area contributed by atoms with Crippen molar-refractivity contribution >= 4 is 35.8 Å². The molecule has 0 bridgehead atoms. The molecule has 0 unspecified atom stereocenters. The Morgan fingerprint density at radius 1 is 0.452 bits per heavy atom. The highest BCUT2D eigenvalue weighted by Gasteiger charge is 2.30. The fourth-order valence-electron chi connectivity index (χ4n) is 3.09. The van der Waals surface area contributed by atoms with E-state index < -0.39 is 86.7 Å². The van der Waals surface area contributed by atoms with Crippen LogP contribution in [0, 0.1) is 0 Å². The molecule has 0 heterocycles. The maximum atomic E-state index is 11.7. The lowest BCUT2D eigenvalue weighted by atomic mass is 9.86. The molecule has 0 aromatic heterocycles. The van der Waals surface area contributed by atoms with Crippen molar-refractivity contribution in [3.63, 3.8) is 0 Å². The van der Waals surface area contributed by atoms with Crippen LogP contribution in [0.15, 0.2) is 24.3 Å². The van der Waals surface area contributed by atoms with E-state index in [2.05, 4.69) is 0 Å². The fourth-order valence-corrected chi connectivity index (χ4v) is 3.09. The van der Waals surface area contributed by atoms with Crippen LogP contribution in [0.3, 0.4) is 0 Å². The molecule has 12 nitrogen and oxygen atoms in total. The summed E-state index contributed by atoms with van der Waals surface area (Å²) in [4.78, 5) is 69.6. The summed E-state index contributed by atoms with van der Waals surface area (Å²) in [6.07, 6.45) is -0.991. The van der Waals surface area contributed by atoms with Crippen LogP contribution in [0.4, 0.5) is 0 Å². The second-order valence-electron chi connectivity index (χ2n) is 6.04. The van der Waals surface area contributed by atoms with Crippen molar-refractivity contribution in [2.45, 2.75) is 6.42 Å². The Morgan fingerprint density at radius 3 is 0.935 bits per heavy atom. The van der Waals surface area contributed by atoms with Crippen molar-refractivity contribution in [3.05, 3.63) is 68.8 Å². The lowest BCUT2D eigenvalue weighted by molar-refractivity contribution is 0.0646. The first kappa shape index (κ1) is 22.5. The SMILES string of the molecule is O=C(O)c1ccc(C(=O)O)c(C(=O)O)c1Cc1c(C(=O)O)ccc(C(=O)O)c1C(=O)O. The summed E-state index contributed by atoms with van der Waals surface area (Å²) in [7, 11) is 0. The first-order valence-corrected chi connectivity index (χ1v) is 8.09. The van der Waals surface area contributed by atoms with Crippen molar-refractivity contribution in [3.8, 4) is 0 Å². The molecule has 0 fully saturated rings. The van der Waals surface area contributed by atoms with Crippen molar-refractivity contribution < 1.29 is 59.4 Å². The van der Waals surface area contributed by atoms with E-state index in [1.165, 1.54) is 0 Å². The third-order valence-corrected chi connectivity index (χ3v) is 4.33. The van der Waals surface area contributed by atoms with E-state index in [-0.39, 0.29) is 0 Å². The Bertz CT molecular complexity index is 1080. The molecule has 0 aliphatic heterocycles. The minimum absolute atomic E-state index is 0.701. The second-order valence-corrected chi connectivity index (χ2v) is 6.04. The van der Waals surface area contributed by atoms with E-state index in [1.54, 1.807) is 0 Å². The molecule has 0 aliphatic rings. The molecule has 6 N–H and O–H groups in total. The van der Waals surface area contributed by atoms with Gasteiger partial charge in [0.15, 0.2) is 0 Å². The van der Waals surface area contributed by atoms with Gasteiger partial charge < -0.3 is 30.6 Å². The van der Waals surface area contributed by atoms with Gasteiger partial charge in [-0.15, -0.1) is 0 Å².